The molecule has 0 saturated heterocycles. The maximum atomic E-state index is 12.4. The average Bonchev–Trinajstić information content (AvgIpc) is 2.27. The maximum absolute atomic E-state index is 12.4. The predicted octanol–water partition coefficient (Wildman–Crippen LogP) is 3.17. The molecule has 6 heteroatoms. The van der Waals surface area contributed by atoms with E-state index in [2.05, 4.69) is 20.7 Å². The fourth-order valence-corrected chi connectivity index (χ4v) is 3.49. The van der Waals surface area contributed by atoms with Gasteiger partial charge in [0, 0.05) is 10.5 Å². The summed E-state index contributed by atoms with van der Waals surface area (Å²) in [6, 6.07) is 4.71. The monoisotopic (exact) mass is 349 g/mol. The van der Waals surface area contributed by atoms with E-state index < -0.39 is 10.0 Å². The highest BCUT2D eigenvalue weighted by Crippen LogP contribution is 2.28. The molecule has 4 nitrogen and oxygen atoms in total. The summed E-state index contributed by atoms with van der Waals surface area (Å²) in [5.41, 5.74) is -0.160. The molecular weight excluding hydrogens is 330 g/mol. The van der Waals surface area contributed by atoms with E-state index in [1.54, 1.807) is 12.1 Å². The van der Waals surface area contributed by atoms with Crippen LogP contribution in [0.2, 0.25) is 0 Å². The smallest absolute Gasteiger partial charge is 0.244 e. The summed E-state index contributed by atoms with van der Waals surface area (Å²) >= 11 is 3.28. The summed E-state index contributed by atoms with van der Waals surface area (Å²) in [4.78, 5) is 0.139. The summed E-state index contributed by atoms with van der Waals surface area (Å²) < 4.78 is 33.3. The van der Waals surface area contributed by atoms with Gasteiger partial charge < -0.3 is 4.74 Å². The van der Waals surface area contributed by atoms with Crippen molar-refractivity contribution in [3.05, 3.63) is 22.7 Å². The molecule has 1 N–H and O–H groups in total. The minimum atomic E-state index is -3.61. The molecule has 1 aromatic carbocycles. The quantitative estimate of drug-likeness (QED) is 0.908. The van der Waals surface area contributed by atoms with Gasteiger partial charge in [0.1, 0.15) is 10.6 Å². The first-order valence-corrected chi connectivity index (χ1v) is 8.21. The lowest BCUT2D eigenvalue weighted by molar-refractivity contribution is 0.317. The molecule has 1 aromatic rings. The first-order chi connectivity index (χ1) is 8.58. The summed E-state index contributed by atoms with van der Waals surface area (Å²) in [5.74, 6) is 0.330. The van der Waals surface area contributed by atoms with Crippen LogP contribution in [-0.4, -0.2) is 21.6 Å². The molecular formula is C13H20BrNO3S. The largest absolute Gasteiger partial charge is 0.495 e. The first-order valence-electron chi connectivity index (χ1n) is 5.94. The van der Waals surface area contributed by atoms with Gasteiger partial charge in [-0.15, -0.1) is 0 Å². The topological polar surface area (TPSA) is 55.4 Å². The van der Waals surface area contributed by atoms with E-state index in [1.165, 1.54) is 13.2 Å². The zero-order chi connectivity index (χ0) is 14.8. The Morgan fingerprint density at radius 3 is 2.37 bits per heavy atom. The molecule has 1 rings (SSSR count). The van der Waals surface area contributed by atoms with Crippen LogP contribution in [-0.2, 0) is 10.0 Å². The van der Waals surface area contributed by atoms with Gasteiger partial charge in [0.2, 0.25) is 10.0 Å². The van der Waals surface area contributed by atoms with Crippen molar-refractivity contribution in [2.24, 2.45) is 5.41 Å². The van der Waals surface area contributed by atoms with Crippen LogP contribution in [0.5, 0.6) is 5.75 Å². The summed E-state index contributed by atoms with van der Waals surface area (Å²) in [5, 5.41) is 0. The maximum Gasteiger partial charge on any atom is 0.244 e. The fourth-order valence-electron chi connectivity index (χ4n) is 1.33. The molecule has 0 aromatic heterocycles. The standard InChI is InChI=1S/C13H20BrNO3S/c1-9(13(2,3)4)15-19(16,17)12-8-10(14)6-7-11(12)18-5/h6-9,15H,1-5H3. The van der Waals surface area contributed by atoms with E-state index in [4.69, 9.17) is 4.74 Å². The van der Waals surface area contributed by atoms with Gasteiger partial charge in [-0.05, 0) is 30.5 Å². The Kier molecular flexibility index (Phi) is 5.03. The molecule has 0 fully saturated rings. The molecule has 0 aliphatic heterocycles. The third kappa shape index (κ3) is 4.19. The third-order valence-electron chi connectivity index (χ3n) is 3.05. The Balaban J connectivity index is 3.17. The SMILES string of the molecule is COc1ccc(Br)cc1S(=O)(=O)NC(C)C(C)(C)C. The first kappa shape index (κ1) is 16.5. The number of ether oxygens (including phenoxy) is 1. The van der Waals surface area contributed by atoms with E-state index in [-0.39, 0.29) is 16.4 Å². The average molecular weight is 350 g/mol. The Labute approximate surface area is 123 Å². The highest BCUT2D eigenvalue weighted by Gasteiger charge is 2.28. The minimum absolute atomic E-state index is 0.139. The van der Waals surface area contributed by atoms with E-state index in [0.29, 0.717) is 10.2 Å². The Morgan fingerprint density at radius 2 is 1.89 bits per heavy atom. The van der Waals surface area contributed by atoms with Crippen LogP contribution in [0.4, 0.5) is 0 Å². The van der Waals surface area contributed by atoms with E-state index in [1.807, 2.05) is 27.7 Å². The highest BCUT2D eigenvalue weighted by molar-refractivity contribution is 9.10. The highest BCUT2D eigenvalue weighted by atomic mass is 79.9. The van der Waals surface area contributed by atoms with Crippen molar-refractivity contribution in [2.75, 3.05) is 7.11 Å². The van der Waals surface area contributed by atoms with Gasteiger partial charge in [0.25, 0.3) is 0 Å². The van der Waals surface area contributed by atoms with Crippen LogP contribution in [0.3, 0.4) is 0 Å². The molecule has 108 valence electrons. The van der Waals surface area contributed by atoms with Crippen molar-refractivity contribution in [3.63, 3.8) is 0 Å². The molecule has 0 heterocycles. The van der Waals surface area contributed by atoms with Gasteiger partial charge in [0.05, 0.1) is 7.11 Å². The Bertz CT molecular complexity index is 549. The number of rotatable bonds is 4. The molecule has 0 saturated carbocycles. The zero-order valence-electron chi connectivity index (χ0n) is 11.8. The molecule has 0 spiro atoms. The molecule has 0 radical (unpaired) electrons. The lowest BCUT2D eigenvalue weighted by Crippen LogP contribution is -2.41. The molecule has 0 aliphatic carbocycles. The summed E-state index contributed by atoms with van der Waals surface area (Å²) in [6.45, 7) is 7.80. The normalized spacial score (nSPS) is 14.2. The van der Waals surface area contributed by atoms with Crippen LogP contribution in [0, 0.1) is 5.41 Å². The molecule has 0 aliphatic rings. The number of sulfonamides is 1. The van der Waals surface area contributed by atoms with Gasteiger partial charge in [-0.25, -0.2) is 13.1 Å². The van der Waals surface area contributed by atoms with Crippen LogP contribution in [0.1, 0.15) is 27.7 Å². The van der Waals surface area contributed by atoms with Crippen molar-refractivity contribution in [3.8, 4) is 5.75 Å². The van der Waals surface area contributed by atoms with Gasteiger partial charge in [0.15, 0.2) is 0 Å². The lowest BCUT2D eigenvalue weighted by Gasteiger charge is -2.28. The Morgan fingerprint density at radius 1 is 1.32 bits per heavy atom. The minimum Gasteiger partial charge on any atom is -0.495 e. The summed E-state index contributed by atoms with van der Waals surface area (Å²) in [7, 11) is -2.16. The van der Waals surface area contributed by atoms with Gasteiger partial charge in [-0.3, -0.25) is 0 Å². The van der Waals surface area contributed by atoms with Crippen LogP contribution < -0.4 is 9.46 Å². The fraction of sp³-hybridized carbons (Fsp3) is 0.538. The number of hydrogen-bond donors (Lipinski definition) is 1. The van der Waals surface area contributed by atoms with Crippen LogP contribution in [0.15, 0.2) is 27.6 Å². The second-order valence-electron chi connectivity index (χ2n) is 5.50. The van der Waals surface area contributed by atoms with Crippen molar-refractivity contribution in [2.45, 2.75) is 38.6 Å². The van der Waals surface area contributed by atoms with Gasteiger partial charge >= 0.3 is 0 Å². The molecule has 19 heavy (non-hydrogen) atoms. The number of hydrogen-bond acceptors (Lipinski definition) is 3. The zero-order valence-corrected chi connectivity index (χ0v) is 14.2. The number of benzene rings is 1. The number of nitrogens with one attached hydrogen (secondary N) is 1. The van der Waals surface area contributed by atoms with Crippen LogP contribution >= 0.6 is 15.9 Å². The van der Waals surface area contributed by atoms with Crippen molar-refractivity contribution in [1.29, 1.82) is 0 Å². The van der Waals surface area contributed by atoms with Crippen molar-refractivity contribution < 1.29 is 13.2 Å². The van der Waals surface area contributed by atoms with E-state index in [0.717, 1.165) is 0 Å². The second kappa shape index (κ2) is 5.81. The molecule has 0 bridgehead atoms. The predicted molar refractivity (Wildman–Crippen MR) is 79.9 cm³/mol. The number of methoxy groups -OCH3 is 1. The summed E-state index contributed by atoms with van der Waals surface area (Å²) in [6.07, 6.45) is 0. The van der Waals surface area contributed by atoms with Crippen molar-refractivity contribution in [1.82, 2.24) is 4.72 Å². The second-order valence-corrected chi connectivity index (χ2v) is 8.10. The van der Waals surface area contributed by atoms with Gasteiger partial charge in [-0.2, -0.15) is 0 Å². The third-order valence-corrected chi connectivity index (χ3v) is 5.10. The van der Waals surface area contributed by atoms with Crippen LogP contribution in [0.25, 0.3) is 0 Å². The lowest BCUT2D eigenvalue weighted by atomic mass is 9.89. The molecule has 1 unspecified atom stereocenters. The Hall–Kier alpha value is -0.590. The van der Waals surface area contributed by atoms with E-state index in [9.17, 15) is 8.42 Å². The van der Waals surface area contributed by atoms with Gasteiger partial charge in [-0.1, -0.05) is 36.7 Å². The van der Waals surface area contributed by atoms with Crippen molar-refractivity contribution >= 4 is 26.0 Å². The number of halogens is 1. The molecule has 1 atom stereocenters. The molecule has 0 amide bonds. The van der Waals surface area contributed by atoms with E-state index >= 15 is 0 Å².